The molecule has 5 heteroatoms. The lowest BCUT2D eigenvalue weighted by atomic mass is 9.99. The maximum Gasteiger partial charge on any atom is 0.275 e. The minimum atomic E-state index is -0.173. The number of quaternary nitrogens is 1. The van der Waals surface area contributed by atoms with Gasteiger partial charge in [-0.25, -0.2) is 0 Å². The third kappa shape index (κ3) is 6.33. The molecular formula is C26H31N2O3+. The van der Waals surface area contributed by atoms with Crippen molar-refractivity contribution in [2.45, 2.75) is 19.5 Å². The lowest BCUT2D eigenvalue weighted by Gasteiger charge is -2.21. The summed E-state index contributed by atoms with van der Waals surface area (Å²) in [6.45, 7) is 3.61. The van der Waals surface area contributed by atoms with E-state index < -0.39 is 0 Å². The molecule has 3 aromatic carbocycles. The molecule has 3 rings (SSSR count). The Bertz CT molecular complexity index is 921. The van der Waals surface area contributed by atoms with Crippen LogP contribution in [0.15, 0.2) is 78.9 Å². The van der Waals surface area contributed by atoms with Gasteiger partial charge in [0.2, 0.25) is 0 Å². The van der Waals surface area contributed by atoms with Gasteiger partial charge < -0.3 is 19.7 Å². The Hall–Kier alpha value is -3.31. The van der Waals surface area contributed by atoms with Gasteiger partial charge in [-0.15, -0.1) is 0 Å². The first-order chi connectivity index (χ1) is 15.1. The summed E-state index contributed by atoms with van der Waals surface area (Å²) in [5.41, 5.74) is 3.22. The zero-order chi connectivity index (χ0) is 22.1. The molecule has 31 heavy (non-hydrogen) atoms. The first kappa shape index (κ1) is 22.4. The van der Waals surface area contributed by atoms with Crippen molar-refractivity contribution >= 4 is 5.91 Å². The number of hydrogen-bond donors (Lipinski definition) is 2. The standard InChI is InChI=1S/C26H30N2O3/c1-4-31-23-16-15-20(17-24(23)30-3)18-28(2)19-25(29)27-26(21-11-7-5-8-12-21)22-13-9-6-10-14-22/h5-17,26H,4,18-19H2,1-3H3,(H,27,29)/p+1. The zero-order valence-corrected chi connectivity index (χ0v) is 18.4. The van der Waals surface area contributed by atoms with Gasteiger partial charge in [-0.2, -0.15) is 0 Å². The van der Waals surface area contributed by atoms with Crippen molar-refractivity contribution in [3.8, 4) is 11.5 Å². The van der Waals surface area contributed by atoms with Crippen LogP contribution in [0.4, 0.5) is 0 Å². The fourth-order valence-corrected chi connectivity index (χ4v) is 3.64. The SMILES string of the molecule is CCOc1ccc(C[NH+](C)CC(=O)NC(c2ccccc2)c2ccccc2)cc1OC. The molecule has 0 radical (unpaired) electrons. The number of benzene rings is 3. The number of amides is 1. The highest BCUT2D eigenvalue weighted by Crippen LogP contribution is 2.27. The third-order valence-corrected chi connectivity index (χ3v) is 5.07. The Balaban J connectivity index is 1.66. The molecule has 3 aromatic rings. The highest BCUT2D eigenvalue weighted by Gasteiger charge is 2.19. The molecular weight excluding hydrogens is 388 g/mol. The van der Waals surface area contributed by atoms with E-state index in [9.17, 15) is 4.79 Å². The number of carbonyl (C=O) groups excluding carboxylic acids is 1. The lowest BCUT2D eigenvalue weighted by Crippen LogP contribution is -3.08. The lowest BCUT2D eigenvalue weighted by molar-refractivity contribution is -0.885. The predicted octanol–water partition coefficient (Wildman–Crippen LogP) is 3.01. The van der Waals surface area contributed by atoms with Crippen LogP contribution in [0, 0.1) is 0 Å². The molecule has 0 aliphatic rings. The van der Waals surface area contributed by atoms with Crippen LogP contribution in [0.5, 0.6) is 11.5 Å². The average Bonchev–Trinajstić information content (AvgIpc) is 2.79. The summed E-state index contributed by atoms with van der Waals surface area (Å²) in [6.07, 6.45) is 0. The number of methoxy groups -OCH3 is 1. The summed E-state index contributed by atoms with van der Waals surface area (Å²) in [6, 6.07) is 25.9. The summed E-state index contributed by atoms with van der Waals surface area (Å²) in [5.74, 6) is 1.45. The fraction of sp³-hybridized carbons (Fsp3) is 0.269. The molecule has 0 aliphatic carbocycles. The molecule has 2 N–H and O–H groups in total. The van der Waals surface area contributed by atoms with Crippen molar-refractivity contribution in [1.82, 2.24) is 5.32 Å². The molecule has 0 bridgehead atoms. The molecule has 0 fully saturated rings. The summed E-state index contributed by atoms with van der Waals surface area (Å²) in [7, 11) is 3.65. The smallest absolute Gasteiger partial charge is 0.275 e. The van der Waals surface area contributed by atoms with Gasteiger partial charge in [-0.05, 0) is 36.2 Å². The van der Waals surface area contributed by atoms with Crippen LogP contribution in [0.3, 0.4) is 0 Å². The molecule has 162 valence electrons. The van der Waals surface area contributed by atoms with Crippen molar-refractivity contribution < 1.29 is 19.2 Å². The Kier molecular flexibility index (Phi) is 8.07. The van der Waals surface area contributed by atoms with Crippen LogP contribution in [0.25, 0.3) is 0 Å². The number of hydrogen-bond acceptors (Lipinski definition) is 3. The quantitative estimate of drug-likeness (QED) is 0.531. The van der Waals surface area contributed by atoms with Gasteiger partial charge >= 0.3 is 0 Å². The van der Waals surface area contributed by atoms with Crippen LogP contribution in [-0.4, -0.2) is 33.2 Å². The summed E-state index contributed by atoms with van der Waals surface area (Å²) in [5, 5.41) is 3.21. The molecule has 1 amide bonds. The van der Waals surface area contributed by atoms with E-state index >= 15 is 0 Å². The summed E-state index contributed by atoms with van der Waals surface area (Å²) < 4.78 is 11.0. The largest absolute Gasteiger partial charge is 0.493 e. The molecule has 5 nitrogen and oxygen atoms in total. The second kappa shape index (κ2) is 11.2. The van der Waals surface area contributed by atoms with E-state index in [4.69, 9.17) is 9.47 Å². The van der Waals surface area contributed by atoms with Crippen molar-refractivity contribution in [2.24, 2.45) is 0 Å². The van der Waals surface area contributed by atoms with Gasteiger partial charge in [-0.3, -0.25) is 4.79 Å². The normalized spacial score (nSPS) is 11.7. The number of carbonyl (C=O) groups is 1. The van der Waals surface area contributed by atoms with E-state index in [0.29, 0.717) is 25.4 Å². The summed E-state index contributed by atoms with van der Waals surface area (Å²) in [4.78, 5) is 14.0. The maximum atomic E-state index is 12.9. The number of nitrogens with one attached hydrogen (secondary N) is 2. The van der Waals surface area contributed by atoms with Crippen LogP contribution in [0.2, 0.25) is 0 Å². The molecule has 1 unspecified atom stereocenters. The maximum absolute atomic E-state index is 12.9. The highest BCUT2D eigenvalue weighted by atomic mass is 16.5. The first-order valence-electron chi connectivity index (χ1n) is 10.6. The van der Waals surface area contributed by atoms with Crippen LogP contribution in [-0.2, 0) is 11.3 Å². The molecule has 0 saturated carbocycles. The molecule has 0 aromatic heterocycles. The summed E-state index contributed by atoms with van der Waals surface area (Å²) >= 11 is 0. The third-order valence-electron chi connectivity index (χ3n) is 5.07. The van der Waals surface area contributed by atoms with E-state index in [1.807, 2.05) is 92.8 Å². The van der Waals surface area contributed by atoms with Gasteiger partial charge in [0.15, 0.2) is 18.0 Å². The Labute approximate surface area is 184 Å². The van der Waals surface area contributed by atoms with Crippen molar-refractivity contribution in [1.29, 1.82) is 0 Å². The second-order valence-corrected chi connectivity index (χ2v) is 7.55. The van der Waals surface area contributed by atoms with E-state index in [2.05, 4.69) is 5.32 Å². The number of ether oxygens (including phenoxy) is 2. The predicted molar refractivity (Wildman–Crippen MR) is 122 cm³/mol. The molecule has 0 spiro atoms. The molecule has 0 saturated heterocycles. The second-order valence-electron chi connectivity index (χ2n) is 7.55. The van der Waals surface area contributed by atoms with Gasteiger partial charge in [0.05, 0.1) is 26.8 Å². The zero-order valence-electron chi connectivity index (χ0n) is 18.4. The number of likely N-dealkylation sites (N-methyl/N-ethyl adjacent to an activating group) is 1. The average molecular weight is 420 g/mol. The molecule has 0 aliphatic heterocycles. The van der Waals surface area contributed by atoms with E-state index in [-0.39, 0.29) is 11.9 Å². The van der Waals surface area contributed by atoms with Crippen LogP contribution in [0.1, 0.15) is 29.7 Å². The Morgan fingerprint density at radius 1 is 0.935 bits per heavy atom. The Morgan fingerprint density at radius 2 is 1.55 bits per heavy atom. The number of rotatable bonds is 10. The van der Waals surface area contributed by atoms with Crippen LogP contribution < -0.4 is 19.7 Å². The van der Waals surface area contributed by atoms with E-state index in [1.54, 1.807) is 7.11 Å². The fourth-order valence-electron chi connectivity index (χ4n) is 3.64. The molecule has 0 heterocycles. The topological polar surface area (TPSA) is 52.0 Å². The van der Waals surface area contributed by atoms with E-state index in [1.165, 1.54) is 0 Å². The van der Waals surface area contributed by atoms with Crippen molar-refractivity contribution in [2.75, 3.05) is 27.3 Å². The highest BCUT2D eigenvalue weighted by molar-refractivity contribution is 5.77. The van der Waals surface area contributed by atoms with Gasteiger partial charge in [0.25, 0.3) is 5.91 Å². The first-order valence-corrected chi connectivity index (χ1v) is 10.6. The van der Waals surface area contributed by atoms with Gasteiger partial charge in [0.1, 0.15) is 6.54 Å². The van der Waals surface area contributed by atoms with Gasteiger partial charge in [-0.1, -0.05) is 60.7 Å². The van der Waals surface area contributed by atoms with Crippen molar-refractivity contribution in [3.05, 3.63) is 95.6 Å². The minimum Gasteiger partial charge on any atom is -0.493 e. The minimum absolute atomic E-state index is 0.00751. The van der Waals surface area contributed by atoms with Crippen LogP contribution >= 0.6 is 0 Å². The van der Waals surface area contributed by atoms with Gasteiger partial charge in [0, 0.05) is 5.56 Å². The Morgan fingerprint density at radius 3 is 2.10 bits per heavy atom. The van der Waals surface area contributed by atoms with Crippen molar-refractivity contribution in [3.63, 3.8) is 0 Å². The van der Waals surface area contributed by atoms with E-state index in [0.717, 1.165) is 27.3 Å². The monoisotopic (exact) mass is 419 g/mol. The molecule has 1 atom stereocenters.